The van der Waals surface area contributed by atoms with Gasteiger partial charge in [-0.1, -0.05) is 17.7 Å². The standard InChI is InChI=1S/C18H22N4O5S/c1-14-2-4-15(5-3-14)28(26,27)22-12-10-20(11-13-22)18(25)16-6-8-21(19-16)9-7-17(23)24/h2-6,8H,7,9-13H2,1H3,(H,23,24). The number of hydrogen-bond donors (Lipinski definition) is 1. The van der Waals surface area contributed by atoms with E-state index in [0.717, 1.165) is 5.56 Å². The number of carboxylic acids is 1. The van der Waals surface area contributed by atoms with Crippen molar-refractivity contribution in [1.82, 2.24) is 19.0 Å². The molecule has 0 aliphatic carbocycles. The van der Waals surface area contributed by atoms with Crippen LogP contribution >= 0.6 is 0 Å². The minimum atomic E-state index is -3.58. The molecule has 0 radical (unpaired) electrons. The van der Waals surface area contributed by atoms with Crippen molar-refractivity contribution in [3.05, 3.63) is 47.8 Å². The molecule has 1 saturated heterocycles. The highest BCUT2D eigenvalue weighted by molar-refractivity contribution is 7.89. The molecule has 1 aliphatic heterocycles. The van der Waals surface area contributed by atoms with Crippen molar-refractivity contribution >= 4 is 21.9 Å². The zero-order valence-corrected chi connectivity index (χ0v) is 16.3. The fraction of sp³-hybridized carbons (Fsp3) is 0.389. The molecule has 28 heavy (non-hydrogen) atoms. The Labute approximate surface area is 163 Å². The summed E-state index contributed by atoms with van der Waals surface area (Å²) < 4.78 is 28.3. The van der Waals surface area contributed by atoms with Gasteiger partial charge in [-0.2, -0.15) is 9.40 Å². The molecular formula is C18H22N4O5S. The zero-order chi connectivity index (χ0) is 20.3. The minimum absolute atomic E-state index is 0.0785. The van der Waals surface area contributed by atoms with Crippen LogP contribution in [0.5, 0.6) is 0 Å². The Kier molecular flexibility index (Phi) is 5.80. The van der Waals surface area contributed by atoms with Crippen molar-refractivity contribution < 1.29 is 23.1 Å². The summed E-state index contributed by atoms with van der Waals surface area (Å²) in [7, 11) is -3.58. The molecule has 0 unspecified atom stereocenters. The van der Waals surface area contributed by atoms with Crippen molar-refractivity contribution in [2.45, 2.75) is 24.8 Å². The van der Waals surface area contributed by atoms with Crippen molar-refractivity contribution in [3.63, 3.8) is 0 Å². The highest BCUT2D eigenvalue weighted by Gasteiger charge is 2.31. The van der Waals surface area contributed by atoms with Gasteiger partial charge >= 0.3 is 5.97 Å². The number of amides is 1. The van der Waals surface area contributed by atoms with Gasteiger partial charge in [-0.25, -0.2) is 8.42 Å². The second-order valence-corrected chi connectivity index (χ2v) is 8.56. The molecular weight excluding hydrogens is 384 g/mol. The maximum absolute atomic E-state index is 12.7. The quantitative estimate of drug-likeness (QED) is 0.760. The van der Waals surface area contributed by atoms with Crippen molar-refractivity contribution in [3.8, 4) is 0 Å². The minimum Gasteiger partial charge on any atom is -0.481 e. The Balaban J connectivity index is 1.61. The normalized spacial score (nSPS) is 15.5. The number of benzene rings is 1. The number of carbonyl (C=O) groups is 2. The number of aryl methyl sites for hydroxylation is 2. The molecule has 1 aliphatic rings. The van der Waals surface area contributed by atoms with Crippen molar-refractivity contribution in [2.24, 2.45) is 0 Å². The second kappa shape index (κ2) is 8.11. The lowest BCUT2D eigenvalue weighted by atomic mass is 10.2. The predicted molar refractivity (Wildman–Crippen MR) is 100 cm³/mol. The SMILES string of the molecule is Cc1ccc(S(=O)(=O)N2CCN(C(=O)c3ccn(CCC(=O)O)n3)CC2)cc1. The van der Waals surface area contributed by atoms with E-state index in [4.69, 9.17) is 5.11 Å². The van der Waals surface area contributed by atoms with Gasteiger partial charge < -0.3 is 10.0 Å². The van der Waals surface area contributed by atoms with Crippen LogP contribution < -0.4 is 0 Å². The number of sulfonamides is 1. The maximum atomic E-state index is 12.7. The van der Waals surface area contributed by atoms with E-state index in [1.54, 1.807) is 41.4 Å². The Hall–Kier alpha value is -2.72. The van der Waals surface area contributed by atoms with Crippen molar-refractivity contribution in [1.29, 1.82) is 0 Å². The summed E-state index contributed by atoms with van der Waals surface area (Å²) in [6.07, 6.45) is 1.49. The first-order valence-corrected chi connectivity index (χ1v) is 10.3. The fourth-order valence-corrected chi connectivity index (χ4v) is 4.39. The summed E-state index contributed by atoms with van der Waals surface area (Å²) in [6, 6.07) is 8.23. The molecule has 0 bridgehead atoms. The van der Waals surface area contributed by atoms with E-state index in [2.05, 4.69) is 5.10 Å². The van der Waals surface area contributed by atoms with Gasteiger partial charge in [0.05, 0.1) is 17.9 Å². The molecule has 10 heteroatoms. The molecule has 2 aromatic rings. The predicted octanol–water partition coefficient (Wildman–Crippen LogP) is 0.813. The number of hydrogen-bond acceptors (Lipinski definition) is 5. The van der Waals surface area contributed by atoms with Gasteiger partial charge in [-0.3, -0.25) is 14.3 Å². The topological polar surface area (TPSA) is 113 Å². The highest BCUT2D eigenvalue weighted by atomic mass is 32.2. The molecule has 0 spiro atoms. The van der Waals surface area contributed by atoms with Crippen LogP contribution in [0.3, 0.4) is 0 Å². The number of aromatic nitrogens is 2. The molecule has 0 saturated carbocycles. The molecule has 3 rings (SSSR count). The number of aliphatic carboxylic acids is 1. The first-order chi connectivity index (χ1) is 13.3. The molecule has 1 amide bonds. The van der Waals surface area contributed by atoms with E-state index >= 15 is 0 Å². The second-order valence-electron chi connectivity index (χ2n) is 6.62. The molecule has 1 fully saturated rings. The lowest BCUT2D eigenvalue weighted by molar-refractivity contribution is -0.137. The number of rotatable bonds is 6. The Morgan fingerprint density at radius 3 is 2.32 bits per heavy atom. The average Bonchev–Trinajstić information content (AvgIpc) is 3.15. The third kappa shape index (κ3) is 4.39. The molecule has 0 atom stereocenters. The van der Waals surface area contributed by atoms with Crippen LogP contribution in [-0.2, 0) is 21.4 Å². The Morgan fingerprint density at radius 2 is 1.71 bits per heavy atom. The van der Waals surface area contributed by atoms with Crippen LogP contribution in [0.25, 0.3) is 0 Å². The fourth-order valence-electron chi connectivity index (χ4n) is 2.96. The third-order valence-electron chi connectivity index (χ3n) is 4.60. The van der Waals surface area contributed by atoms with Gasteiger partial charge in [-0.05, 0) is 25.1 Å². The van der Waals surface area contributed by atoms with E-state index in [0.29, 0.717) is 0 Å². The average molecular weight is 406 g/mol. The van der Waals surface area contributed by atoms with Crippen LogP contribution in [0.15, 0.2) is 41.4 Å². The highest BCUT2D eigenvalue weighted by Crippen LogP contribution is 2.19. The summed E-state index contributed by atoms with van der Waals surface area (Å²) in [5.74, 6) is -1.23. The molecule has 1 aromatic heterocycles. The largest absolute Gasteiger partial charge is 0.481 e. The monoisotopic (exact) mass is 406 g/mol. The first-order valence-electron chi connectivity index (χ1n) is 8.89. The third-order valence-corrected chi connectivity index (χ3v) is 6.51. The van der Waals surface area contributed by atoms with Crippen LogP contribution in [0.2, 0.25) is 0 Å². The van der Waals surface area contributed by atoms with E-state index in [-0.39, 0.29) is 55.6 Å². The summed E-state index contributed by atoms with van der Waals surface area (Å²) in [6.45, 7) is 3.04. The van der Waals surface area contributed by atoms with Gasteiger partial charge in [0.1, 0.15) is 5.69 Å². The number of nitrogens with zero attached hydrogens (tertiary/aromatic N) is 4. The van der Waals surface area contributed by atoms with E-state index in [1.165, 1.54) is 8.99 Å². The summed E-state index contributed by atoms with van der Waals surface area (Å²) >= 11 is 0. The molecule has 1 N–H and O–H groups in total. The lowest BCUT2D eigenvalue weighted by Crippen LogP contribution is -2.50. The van der Waals surface area contributed by atoms with Gasteiger partial charge in [0.2, 0.25) is 10.0 Å². The van der Waals surface area contributed by atoms with E-state index in [9.17, 15) is 18.0 Å². The van der Waals surface area contributed by atoms with Gasteiger partial charge in [-0.15, -0.1) is 0 Å². The summed E-state index contributed by atoms with van der Waals surface area (Å²) in [5, 5.41) is 12.8. The smallest absolute Gasteiger partial charge is 0.305 e. The zero-order valence-electron chi connectivity index (χ0n) is 15.5. The van der Waals surface area contributed by atoms with Crippen LogP contribution in [-0.4, -0.2) is 70.6 Å². The number of carbonyl (C=O) groups excluding carboxylic acids is 1. The lowest BCUT2D eigenvalue weighted by Gasteiger charge is -2.33. The summed E-state index contributed by atoms with van der Waals surface area (Å²) in [5.41, 5.74) is 1.21. The van der Waals surface area contributed by atoms with Gasteiger partial charge in [0.25, 0.3) is 5.91 Å². The number of piperazine rings is 1. The van der Waals surface area contributed by atoms with Crippen LogP contribution in [0.4, 0.5) is 0 Å². The first kappa shape index (κ1) is 20.0. The van der Waals surface area contributed by atoms with Crippen molar-refractivity contribution in [2.75, 3.05) is 26.2 Å². The van der Waals surface area contributed by atoms with Crippen LogP contribution in [0.1, 0.15) is 22.5 Å². The Morgan fingerprint density at radius 1 is 1.07 bits per heavy atom. The van der Waals surface area contributed by atoms with Gasteiger partial charge in [0.15, 0.2) is 0 Å². The van der Waals surface area contributed by atoms with Gasteiger partial charge in [0, 0.05) is 32.4 Å². The molecule has 1 aromatic carbocycles. The van der Waals surface area contributed by atoms with E-state index < -0.39 is 16.0 Å². The molecule has 150 valence electrons. The maximum Gasteiger partial charge on any atom is 0.305 e. The molecule has 2 heterocycles. The Bertz CT molecular complexity index is 960. The molecule has 9 nitrogen and oxygen atoms in total. The van der Waals surface area contributed by atoms with Crippen LogP contribution in [0, 0.1) is 6.92 Å². The summed E-state index contributed by atoms with van der Waals surface area (Å²) in [4.78, 5) is 25.0. The number of carboxylic acid groups (broad SMARTS) is 1. The van der Waals surface area contributed by atoms with E-state index in [1.807, 2.05) is 6.92 Å².